The molecule has 0 N–H and O–H groups in total. The van der Waals surface area contributed by atoms with Crippen LogP contribution in [0.1, 0.15) is 25.0 Å². The second-order valence-corrected chi connectivity index (χ2v) is 10.6. The Balaban J connectivity index is 1.83. The summed E-state index contributed by atoms with van der Waals surface area (Å²) >= 11 is 0. The molecule has 168 valence electrons. The molecule has 3 heterocycles. The summed E-state index contributed by atoms with van der Waals surface area (Å²) in [7, 11) is 2.20. The average Bonchev–Trinajstić information content (AvgIpc) is 3.19. The molecule has 3 aromatic heterocycles. The lowest BCUT2D eigenvalue weighted by molar-refractivity contribution is -0.616. The Morgan fingerprint density at radius 1 is 0.857 bits per heavy atom. The molecular weight excluding hydrogens is 426 g/mol. The molecule has 3 heteroatoms. The van der Waals surface area contributed by atoms with Crippen LogP contribution in [0.4, 0.5) is 0 Å². The topological polar surface area (TPSA) is 12.7 Å². The van der Waals surface area contributed by atoms with E-state index in [2.05, 4.69) is 101 Å². The second kappa shape index (κ2) is 6.71. The first-order valence-electron chi connectivity index (χ1n) is 12.2. The van der Waals surface area contributed by atoms with E-state index >= 15 is 0 Å². The van der Waals surface area contributed by atoms with E-state index in [1.54, 1.807) is 0 Å². The molecule has 0 amide bonds. The third kappa shape index (κ3) is 2.57. The zero-order valence-electron chi connectivity index (χ0n) is 20.5. The van der Waals surface area contributed by atoms with E-state index in [1.807, 2.05) is 13.8 Å². The highest BCUT2D eigenvalue weighted by atomic mass is 15.0. The first-order chi connectivity index (χ1) is 16.9. The van der Waals surface area contributed by atoms with E-state index in [1.165, 1.54) is 71.0 Å². The van der Waals surface area contributed by atoms with Crippen molar-refractivity contribution in [2.24, 2.45) is 7.05 Å². The van der Waals surface area contributed by atoms with Crippen LogP contribution in [0.2, 0.25) is 0 Å². The zero-order chi connectivity index (χ0) is 24.1. The number of hydrogen-bond acceptors (Lipinski definition) is 0. The normalized spacial score (nSPS) is 12.7. The Labute approximate surface area is 204 Å². The SMILES string of the molecule is [C-]#[N+]C(C)(C)Cc1ccc2c3c4ccccc4[n+](C)c4c5c(C)ccc6cccc(c65)n(c2c1)c34. The Kier molecular flexibility index (Phi) is 3.88. The lowest BCUT2D eigenvalue weighted by atomic mass is 9.95. The number of rotatable bonds is 2. The third-order valence-electron chi connectivity index (χ3n) is 7.78. The molecule has 0 atom stereocenters. The van der Waals surface area contributed by atoms with Gasteiger partial charge in [0.1, 0.15) is 12.6 Å². The number of aromatic nitrogens is 2. The fourth-order valence-electron chi connectivity index (χ4n) is 6.23. The highest BCUT2D eigenvalue weighted by Crippen LogP contribution is 2.43. The molecule has 7 aromatic rings. The maximum atomic E-state index is 7.63. The minimum absolute atomic E-state index is 0.421. The lowest BCUT2D eigenvalue weighted by Gasteiger charge is -2.14. The maximum Gasteiger partial charge on any atom is 0.238 e. The lowest BCUT2D eigenvalue weighted by Crippen LogP contribution is -2.31. The van der Waals surface area contributed by atoms with Crippen molar-refractivity contribution in [2.45, 2.75) is 32.7 Å². The van der Waals surface area contributed by atoms with E-state index in [0.29, 0.717) is 0 Å². The van der Waals surface area contributed by atoms with Gasteiger partial charge in [-0.15, -0.1) is 0 Å². The smallest absolute Gasteiger partial charge is 0.238 e. The first-order valence-corrected chi connectivity index (χ1v) is 12.2. The van der Waals surface area contributed by atoms with E-state index in [4.69, 9.17) is 6.57 Å². The van der Waals surface area contributed by atoms with Crippen molar-refractivity contribution in [3.8, 4) is 0 Å². The van der Waals surface area contributed by atoms with Gasteiger partial charge in [0.25, 0.3) is 0 Å². The number of aryl methyl sites for hydroxylation is 2. The van der Waals surface area contributed by atoms with Gasteiger partial charge in [0, 0.05) is 36.1 Å². The Hall–Kier alpha value is -4.16. The molecule has 0 radical (unpaired) electrons. The number of hydrogen-bond donors (Lipinski definition) is 0. The highest BCUT2D eigenvalue weighted by molar-refractivity contribution is 6.30. The van der Waals surface area contributed by atoms with Gasteiger partial charge < -0.3 is 9.25 Å². The van der Waals surface area contributed by atoms with Crippen LogP contribution in [0.15, 0.2) is 72.8 Å². The van der Waals surface area contributed by atoms with Crippen LogP contribution in [-0.4, -0.2) is 9.94 Å². The van der Waals surface area contributed by atoms with Crippen molar-refractivity contribution >= 4 is 59.9 Å². The highest BCUT2D eigenvalue weighted by Gasteiger charge is 2.28. The van der Waals surface area contributed by atoms with E-state index in [9.17, 15) is 0 Å². The first kappa shape index (κ1) is 20.2. The molecule has 35 heavy (non-hydrogen) atoms. The Morgan fingerprint density at radius 2 is 1.69 bits per heavy atom. The van der Waals surface area contributed by atoms with Crippen molar-refractivity contribution in [3.63, 3.8) is 0 Å². The number of para-hydroxylation sites is 1. The summed E-state index contributed by atoms with van der Waals surface area (Å²) in [5, 5.41) is 7.77. The summed E-state index contributed by atoms with van der Waals surface area (Å²) in [5.41, 5.74) is 8.33. The number of nitrogens with zero attached hydrogens (tertiary/aromatic N) is 3. The molecular formula is C32H26N3+. The fourth-order valence-corrected chi connectivity index (χ4v) is 6.23. The van der Waals surface area contributed by atoms with Gasteiger partial charge in [-0.05, 0) is 41.6 Å². The van der Waals surface area contributed by atoms with Gasteiger partial charge in [-0.1, -0.05) is 48.5 Å². The van der Waals surface area contributed by atoms with Gasteiger partial charge in [0.05, 0.1) is 28.2 Å². The summed E-state index contributed by atoms with van der Waals surface area (Å²) in [5.74, 6) is 0. The average molecular weight is 453 g/mol. The van der Waals surface area contributed by atoms with Crippen LogP contribution in [-0.2, 0) is 13.5 Å². The number of pyridine rings is 2. The van der Waals surface area contributed by atoms with Crippen LogP contribution in [0.3, 0.4) is 0 Å². The van der Waals surface area contributed by atoms with Gasteiger partial charge in [-0.3, -0.25) is 0 Å². The van der Waals surface area contributed by atoms with E-state index in [0.717, 1.165) is 6.42 Å². The molecule has 0 bridgehead atoms. The molecule has 0 aliphatic rings. The Morgan fingerprint density at radius 3 is 2.51 bits per heavy atom. The van der Waals surface area contributed by atoms with E-state index < -0.39 is 5.54 Å². The predicted octanol–water partition coefficient (Wildman–Crippen LogP) is 7.52. The van der Waals surface area contributed by atoms with Crippen LogP contribution in [0.25, 0.3) is 64.7 Å². The summed E-state index contributed by atoms with van der Waals surface area (Å²) < 4.78 is 4.86. The molecule has 0 fully saturated rings. The summed E-state index contributed by atoms with van der Waals surface area (Å²) in [6, 6.07) is 26.7. The molecule has 0 aliphatic carbocycles. The second-order valence-electron chi connectivity index (χ2n) is 10.6. The van der Waals surface area contributed by atoms with Crippen LogP contribution in [0, 0.1) is 13.5 Å². The third-order valence-corrected chi connectivity index (χ3v) is 7.78. The van der Waals surface area contributed by atoms with Gasteiger partial charge in [-0.2, -0.15) is 4.57 Å². The van der Waals surface area contributed by atoms with Gasteiger partial charge in [0.2, 0.25) is 16.6 Å². The van der Waals surface area contributed by atoms with Crippen molar-refractivity contribution < 1.29 is 4.57 Å². The van der Waals surface area contributed by atoms with Gasteiger partial charge in [-0.25, -0.2) is 6.57 Å². The monoisotopic (exact) mass is 452 g/mol. The fraction of sp³-hybridized carbons (Fsp3) is 0.188. The summed E-state index contributed by atoms with van der Waals surface area (Å²) in [6.07, 6.45) is 0.731. The Bertz CT molecular complexity index is 2030. The van der Waals surface area contributed by atoms with Crippen LogP contribution < -0.4 is 4.57 Å². The number of fused-ring (bicyclic) bond motifs is 7. The van der Waals surface area contributed by atoms with Crippen molar-refractivity contribution in [1.29, 1.82) is 0 Å². The maximum absolute atomic E-state index is 7.63. The van der Waals surface area contributed by atoms with E-state index in [-0.39, 0.29) is 0 Å². The van der Waals surface area contributed by atoms with Crippen molar-refractivity contribution in [3.05, 3.63) is 95.3 Å². The van der Waals surface area contributed by atoms with Gasteiger partial charge in [0.15, 0.2) is 0 Å². The number of benzene rings is 4. The minimum atomic E-state index is -0.421. The minimum Gasteiger partial charge on any atom is -0.311 e. The molecule has 0 spiro atoms. The quantitative estimate of drug-likeness (QED) is 0.111. The molecule has 0 saturated carbocycles. The summed E-state index contributed by atoms with van der Waals surface area (Å²) in [6.45, 7) is 13.9. The molecule has 7 rings (SSSR count). The van der Waals surface area contributed by atoms with Crippen molar-refractivity contribution in [1.82, 2.24) is 4.40 Å². The summed E-state index contributed by atoms with van der Waals surface area (Å²) in [4.78, 5) is 3.87. The molecule has 0 aliphatic heterocycles. The van der Waals surface area contributed by atoms with Crippen molar-refractivity contribution in [2.75, 3.05) is 0 Å². The van der Waals surface area contributed by atoms with Crippen LogP contribution >= 0.6 is 0 Å². The molecule has 0 unspecified atom stereocenters. The van der Waals surface area contributed by atoms with Crippen LogP contribution in [0.5, 0.6) is 0 Å². The molecule has 0 saturated heterocycles. The molecule has 3 nitrogen and oxygen atoms in total. The predicted molar refractivity (Wildman–Crippen MR) is 146 cm³/mol. The molecule has 4 aromatic carbocycles. The largest absolute Gasteiger partial charge is 0.311 e. The standard InChI is InChI=1S/C32H26N3/c1-19-13-15-21-9-8-12-25-28(21)27(19)30-31-29(22-10-6-7-11-24(22)34(30)5)23-16-14-20(17-26(23)35(25)31)18-32(2,3)33-4/h6-17H,18H2,1-3,5H3/q+1. The van der Waals surface area contributed by atoms with Gasteiger partial charge >= 0.3 is 0 Å². The zero-order valence-corrected chi connectivity index (χ0v) is 20.5.